The molecule has 8 rings (SSSR count). The number of nitrogens with zero attached hydrogens (tertiary/aromatic N) is 5. The number of nitrogens with one attached hydrogen (secondary N) is 3. The molecule has 3 aromatic heterocycles. The van der Waals surface area contributed by atoms with Crippen LogP contribution >= 0.6 is 6.72 Å². The smallest absolute Gasteiger partial charge is 0.330 e. The lowest BCUT2D eigenvalue weighted by atomic mass is 9.80. The Balaban J connectivity index is 1.10. The second-order valence-electron chi connectivity index (χ2n) is 17.1. The molecule has 4 N–H and O–H groups in total. The van der Waals surface area contributed by atoms with E-state index in [1.807, 2.05) is 84.9 Å². The highest BCUT2D eigenvalue weighted by Gasteiger charge is 2.46. The van der Waals surface area contributed by atoms with Crippen LogP contribution in [0.3, 0.4) is 0 Å². The molecule has 23 heteroatoms. The molecule has 2 saturated heterocycles. The maximum atomic E-state index is 13.4. The van der Waals surface area contributed by atoms with Gasteiger partial charge in [-0.1, -0.05) is 68.4 Å². The largest absolute Gasteiger partial charge is 0.497 e. The summed E-state index contributed by atoms with van der Waals surface area (Å²) in [6.07, 6.45) is -3.30. The Hall–Kier alpha value is -6.38. The molecule has 1 unspecified atom stereocenters. The number of carbonyl (C=O) groups excluding carboxylic acids is 1. The van der Waals surface area contributed by atoms with E-state index in [1.54, 1.807) is 35.0 Å². The number of nitriles is 1. The van der Waals surface area contributed by atoms with E-state index < -0.39 is 66.0 Å². The van der Waals surface area contributed by atoms with E-state index in [9.17, 15) is 29.5 Å². The molecule has 2 aliphatic heterocycles. The number of aromatic nitrogens is 6. The van der Waals surface area contributed by atoms with Crippen LogP contribution in [0.4, 0.5) is 5.95 Å². The minimum absolute atomic E-state index is 0.00371. The van der Waals surface area contributed by atoms with Crippen molar-refractivity contribution >= 4 is 41.5 Å². The fraction of sp³-hybridized carbons (Fsp3) is 0.396. The minimum Gasteiger partial charge on any atom is -0.497 e. The first-order chi connectivity index (χ1) is 34.1. The first kappa shape index (κ1) is 51.0. The molecule has 2 fully saturated rings. The molecular formula is C48H53N8O13PS. The Morgan fingerprint density at radius 3 is 2.17 bits per heavy atom. The van der Waals surface area contributed by atoms with E-state index in [4.69, 9.17) is 49.1 Å². The lowest BCUT2D eigenvalue weighted by Gasteiger charge is -2.37. The van der Waals surface area contributed by atoms with E-state index >= 15 is 0 Å². The van der Waals surface area contributed by atoms with Crippen molar-refractivity contribution in [2.75, 3.05) is 39.4 Å². The number of hydrogen-bond donors (Lipinski definition) is 4. The summed E-state index contributed by atoms with van der Waals surface area (Å²) >= 11 is 6.05. The molecule has 3 aromatic carbocycles. The zero-order valence-corrected chi connectivity index (χ0v) is 41.1. The van der Waals surface area contributed by atoms with Crippen molar-refractivity contribution < 1.29 is 47.2 Å². The number of aromatic amines is 2. The van der Waals surface area contributed by atoms with Gasteiger partial charge in [0.05, 0.1) is 65.1 Å². The van der Waals surface area contributed by atoms with Crippen LogP contribution in [-0.2, 0) is 50.0 Å². The highest BCUT2D eigenvalue weighted by Crippen LogP contribution is 2.54. The van der Waals surface area contributed by atoms with E-state index in [0.29, 0.717) is 11.5 Å². The molecule has 0 spiro atoms. The number of benzene rings is 3. The number of aliphatic hydroxyl groups excluding tert-OH is 1. The van der Waals surface area contributed by atoms with Gasteiger partial charge in [-0.25, -0.2) is 9.78 Å². The monoisotopic (exact) mass is 1010 g/mol. The summed E-state index contributed by atoms with van der Waals surface area (Å²) in [6.45, 7) is 0.345. The molecular weight excluding hydrogens is 960 g/mol. The number of anilines is 1. The number of methoxy groups -OCH3 is 2. The number of carbonyl (C=O) groups is 1. The zero-order valence-electron chi connectivity index (χ0n) is 39.4. The first-order valence-corrected chi connectivity index (χ1v) is 25.2. The Bertz CT molecular complexity index is 3060. The van der Waals surface area contributed by atoms with E-state index in [2.05, 4.69) is 25.3 Å². The standard InChI is InChI=1S/C48H53N8O13PS/c1-28(2)43(58)52-46-51-42-41(45(60)53-46)50-27-56(42)39-22-35(57)37(67-39)26-66-70(71,65-21-9-20-49)69-36-23-40(55-24-29(3)44(59)54-47(55)61)68-38(36)25-64-48(30-10-7-6-8-11-30,31-12-16-33(62-4)17-13-31)32-14-18-34(63-5)19-15-32/h6-8,10-19,24,27-28,35-40,57H,9,21-23,25-26H2,1-5H3,(H,54,59,61)(H2,51,52,53,58,60)/t35-,36-,37+,38+,39+,40+,70?/m0/s1. The third-order valence-corrected chi connectivity index (χ3v) is 14.5. The fourth-order valence-corrected chi connectivity index (χ4v) is 10.5. The van der Waals surface area contributed by atoms with Gasteiger partial charge in [-0.3, -0.25) is 38.8 Å². The number of aryl methyl sites for hydroxylation is 1. The number of fused-ring (bicyclic) bond motifs is 1. The molecule has 71 heavy (non-hydrogen) atoms. The van der Waals surface area contributed by atoms with Crippen molar-refractivity contribution in [1.29, 1.82) is 5.26 Å². The highest BCUT2D eigenvalue weighted by molar-refractivity contribution is 8.07. The van der Waals surface area contributed by atoms with Gasteiger partial charge < -0.3 is 42.4 Å². The molecule has 0 saturated carbocycles. The van der Waals surface area contributed by atoms with Gasteiger partial charge in [-0.15, -0.1) is 0 Å². The number of amides is 1. The number of ether oxygens (including phenoxy) is 5. The van der Waals surface area contributed by atoms with E-state index in [1.165, 1.54) is 21.7 Å². The maximum Gasteiger partial charge on any atom is 0.330 e. The SMILES string of the molecule is COc1ccc(C(OC[C@H]2O[C@@H](n3cc(C)c(=O)[nH]c3=O)C[C@@H]2OP(=S)(OCCC#N)OC[C@H]2O[C@@H](n3cnc4c(=O)[nH]c(NC(=O)C(C)C)nc43)C[C@@H]2O)(c2ccccc2)c2ccc(OC)cc2)cc1. The third kappa shape index (κ3) is 11.1. The number of aliphatic hydroxyl groups is 1. The number of rotatable bonds is 20. The van der Waals surface area contributed by atoms with Crippen molar-refractivity contribution in [3.63, 3.8) is 0 Å². The summed E-state index contributed by atoms with van der Waals surface area (Å²) in [5, 5.41) is 23.4. The summed E-state index contributed by atoms with van der Waals surface area (Å²) in [6, 6.07) is 26.6. The third-order valence-electron chi connectivity index (χ3n) is 12.1. The lowest BCUT2D eigenvalue weighted by Crippen LogP contribution is -2.38. The average Bonchev–Trinajstić information content (AvgIpc) is 4.09. The predicted molar refractivity (Wildman–Crippen MR) is 260 cm³/mol. The molecule has 2 aliphatic rings. The number of H-pyrrole nitrogens is 2. The minimum atomic E-state index is -3.91. The van der Waals surface area contributed by atoms with Gasteiger partial charge in [0.15, 0.2) is 11.2 Å². The van der Waals surface area contributed by atoms with Crippen LogP contribution in [0.5, 0.6) is 11.5 Å². The molecule has 374 valence electrons. The lowest BCUT2D eigenvalue weighted by molar-refractivity contribution is -0.118. The summed E-state index contributed by atoms with van der Waals surface area (Å²) in [4.78, 5) is 64.6. The average molecular weight is 1010 g/mol. The first-order valence-electron chi connectivity index (χ1n) is 22.7. The van der Waals surface area contributed by atoms with Crippen LogP contribution in [-0.4, -0.2) is 98.5 Å². The summed E-state index contributed by atoms with van der Waals surface area (Å²) < 4.78 is 53.0. The molecule has 0 radical (unpaired) electrons. The van der Waals surface area contributed by atoms with Gasteiger partial charge in [0.25, 0.3) is 11.1 Å². The number of imidazole rings is 1. The predicted octanol–water partition coefficient (Wildman–Crippen LogP) is 5.09. The van der Waals surface area contributed by atoms with E-state index in [-0.39, 0.29) is 73.6 Å². The summed E-state index contributed by atoms with van der Waals surface area (Å²) in [5.74, 6) is 0.426. The van der Waals surface area contributed by atoms with Crippen molar-refractivity contribution in [2.24, 2.45) is 5.92 Å². The van der Waals surface area contributed by atoms with Crippen LogP contribution in [0.25, 0.3) is 11.2 Å². The number of hydrogen-bond acceptors (Lipinski definition) is 17. The Morgan fingerprint density at radius 1 is 0.901 bits per heavy atom. The molecule has 1 amide bonds. The maximum absolute atomic E-state index is 13.4. The Labute approximate surface area is 411 Å². The van der Waals surface area contributed by atoms with Crippen molar-refractivity contribution in [2.45, 2.75) is 82.5 Å². The topological polar surface area (TPSA) is 265 Å². The second-order valence-corrected chi connectivity index (χ2v) is 20.1. The van der Waals surface area contributed by atoms with Gasteiger partial charge in [0, 0.05) is 30.5 Å². The quantitative estimate of drug-likeness (QED) is 0.0441. The second kappa shape index (κ2) is 21.9. The Kier molecular flexibility index (Phi) is 15.8. The highest BCUT2D eigenvalue weighted by atomic mass is 32.5. The van der Waals surface area contributed by atoms with Gasteiger partial charge in [0.2, 0.25) is 11.9 Å². The molecule has 0 aliphatic carbocycles. The van der Waals surface area contributed by atoms with Crippen molar-refractivity contribution in [1.82, 2.24) is 29.1 Å². The van der Waals surface area contributed by atoms with Gasteiger partial charge in [-0.05, 0) is 59.7 Å². The summed E-state index contributed by atoms with van der Waals surface area (Å²) in [7, 11) is 3.16. The van der Waals surface area contributed by atoms with Crippen molar-refractivity contribution in [3.05, 3.63) is 145 Å². The van der Waals surface area contributed by atoms with E-state index in [0.717, 1.165) is 16.7 Å². The molecule has 7 atom stereocenters. The molecule has 21 nitrogen and oxygen atoms in total. The van der Waals surface area contributed by atoms with Gasteiger partial charge >= 0.3 is 12.4 Å². The van der Waals surface area contributed by atoms with Gasteiger partial charge in [-0.2, -0.15) is 10.2 Å². The van der Waals surface area contributed by atoms with Crippen LogP contribution in [0.15, 0.2) is 106 Å². The van der Waals surface area contributed by atoms with Crippen LogP contribution < -0.4 is 31.6 Å². The molecule has 0 bridgehead atoms. The van der Waals surface area contributed by atoms with Gasteiger partial charge in [0.1, 0.15) is 41.8 Å². The van der Waals surface area contributed by atoms with Crippen LogP contribution in [0, 0.1) is 24.2 Å². The molecule has 6 aromatic rings. The van der Waals surface area contributed by atoms with Crippen molar-refractivity contribution in [3.8, 4) is 17.6 Å². The Morgan fingerprint density at radius 2 is 1.54 bits per heavy atom. The van der Waals surface area contributed by atoms with Crippen LogP contribution in [0.1, 0.15) is 67.8 Å². The normalized spacial score (nSPS) is 21.0. The summed E-state index contributed by atoms with van der Waals surface area (Å²) in [5.41, 5.74) is -0.556. The van der Waals surface area contributed by atoms with Crippen LogP contribution in [0.2, 0.25) is 0 Å². The zero-order chi connectivity index (χ0) is 50.5. The fourth-order valence-electron chi connectivity index (χ4n) is 8.34. The molecule has 5 heterocycles.